The van der Waals surface area contributed by atoms with Crippen molar-refractivity contribution in [1.82, 2.24) is 35.7 Å². The van der Waals surface area contributed by atoms with Gasteiger partial charge in [0.15, 0.2) is 0 Å². The Kier molecular flexibility index (Phi) is 8.23. The van der Waals surface area contributed by atoms with Gasteiger partial charge in [-0.25, -0.2) is 5.43 Å². The van der Waals surface area contributed by atoms with E-state index in [2.05, 4.69) is 71.1 Å². The summed E-state index contributed by atoms with van der Waals surface area (Å²) in [5.41, 5.74) is 4.91. The lowest BCUT2D eigenvalue weighted by molar-refractivity contribution is -0.121. The number of hydrogen-bond donors (Lipinski definition) is 3. The van der Waals surface area contributed by atoms with Gasteiger partial charge in [0.1, 0.15) is 18.2 Å². The number of hydrogen-bond acceptors (Lipinski definition) is 7. The number of rotatable bonds is 9. The van der Waals surface area contributed by atoms with Crippen LogP contribution in [-0.4, -0.2) is 57.9 Å². The number of aromatic nitrogens is 3. The Bertz CT molecular complexity index is 1050. The predicted molar refractivity (Wildman–Crippen MR) is 148 cm³/mol. The van der Waals surface area contributed by atoms with E-state index in [0.717, 1.165) is 44.1 Å². The Morgan fingerprint density at radius 3 is 2.63 bits per heavy atom. The Morgan fingerprint density at radius 1 is 0.974 bits per heavy atom. The minimum Gasteiger partial charge on any atom is -0.356 e. The molecule has 0 bridgehead atoms. The van der Waals surface area contributed by atoms with E-state index in [9.17, 15) is 4.79 Å². The third kappa shape index (κ3) is 5.60. The number of likely N-dealkylation sites (tertiary alicyclic amines) is 1. The van der Waals surface area contributed by atoms with Crippen LogP contribution in [0, 0.1) is 5.92 Å². The van der Waals surface area contributed by atoms with Crippen molar-refractivity contribution >= 4 is 11.9 Å². The Labute approximate surface area is 226 Å². The molecular weight excluding hydrogens is 476 g/mol. The van der Waals surface area contributed by atoms with Gasteiger partial charge in [-0.3, -0.25) is 19.7 Å². The highest BCUT2D eigenvalue weighted by Crippen LogP contribution is 2.45. The van der Waals surface area contributed by atoms with E-state index in [4.69, 9.17) is 0 Å². The fourth-order valence-corrected chi connectivity index (χ4v) is 7.02. The first-order valence-electron chi connectivity index (χ1n) is 15.1. The molecule has 1 aliphatic carbocycles. The van der Waals surface area contributed by atoms with E-state index in [0.29, 0.717) is 18.4 Å². The zero-order valence-corrected chi connectivity index (χ0v) is 22.7. The number of benzene rings is 1. The lowest BCUT2D eigenvalue weighted by Gasteiger charge is -2.44. The molecule has 4 heterocycles. The van der Waals surface area contributed by atoms with Gasteiger partial charge in [-0.05, 0) is 63.7 Å². The fourth-order valence-electron chi connectivity index (χ4n) is 7.02. The summed E-state index contributed by atoms with van der Waals surface area (Å²) in [4.78, 5) is 15.1. The zero-order valence-electron chi connectivity index (χ0n) is 22.7. The Hall–Kier alpha value is -2.49. The maximum absolute atomic E-state index is 12.5. The molecule has 3 aliphatic heterocycles. The van der Waals surface area contributed by atoms with Crippen molar-refractivity contribution in [1.29, 1.82) is 0 Å². The second-order valence-corrected chi connectivity index (χ2v) is 11.6. The number of nitrogens with zero attached hydrogens (tertiary/aromatic N) is 5. The van der Waals surface area contributed by atoms with Gasteiger partial charge < -0.3 is 10.2 Å². The average Bonchev–Trinajstić information content (AvgIpc) is 3.49. The zero-order chi connectivity index (χ0) is 25.7. The van der Waals surface area contributed by atoms with E-state index >= 15 is 0 Å². The first kappa shape index (κ1) is 25.8. The molecule has 206 valence electrons. The van der Waals surface area contributed by atoms with Crippen LogP contribution in [0.5, 0.6) is 0 Å². The molecule has 3 fully saturated rings. The molecule has 6 rings (SSSR count). The SMILES string of the molecule is O=C(CCCc1nnc2n1C1CCCCC1C1NC(c3ccccc3)NN21)NCCCN1CCCCCC1. The number of carbonyl (C=O) groups is 1. The summed E-state index contributed by atoms with van der Waals surface area (Å²) in [6.45, 7) is 4.31. The van der Waals surface area contributed by atoms with Gasteiger partial charge in [0.2, 0.25) is 11.9 Å². The van der Waals surface area contributed by atoms with Crippen LogP contribution < -0.4 is 21.1 Å². The fraction of sp³-hybridized carbons (Fsp3) is 0.690. The largest absolute Gasteiger partial charge is 0.356 e. The molecule has 9 heteroatoms. The summed E-state index contributed by atoms with van der Waals surface area (Å²) in [6, 6.07) is 11.0. The molecule has 0 spiro atoms. The van der Waals surface area contributed by atoms with Crippen LogP contribution in [0.4, 0.5) is 5.95 Å². The van der Waals surface area contributed by atoms with Gasteiger partial charge in [0, 0.05) is 31.3 Å². The molecule has 3 N–H and O–H groups in total. The van der Waals surface area contributed by atoms with Crippen LogP contribution in [0.25, 0.3) is 0 Å². The number of aryl methyl sites for hydroxylation is 1. The van der Waals surface area contributed by atoms with Gasteiger partial charge in [0.05, 0.1) is 0 Å². The van der Waals surface area contributed by atoms with Crippen LogP contribution >= 0.6 is 0 Å². The summed E-state index contributed by atoms with van der Waals surface area (Å²) in [7, 11) is 0. The van der Waals surface area contributed by atoms with Crippen LogP contribution in [0.2, 0.25) is 0 Å². The highest BCUT2D eigenvalue weighted by atomic mass is 16.1. The van der Waals surface area contributed by atoms with Crippen molar-refractivity contribution in [3.63, 3.8) is 0 Å². The number of carbonyl (C=O) groups excluding carboxylic acids is 1. The highest BCUT2D eigenvalue weighted by Gasteiger charge is 2.48. The summed E-state index contributed by atoms with van der Waals surface area (Å²) in [5.74, 6) is 2.61. The van der Waals surface area contributed by atoms with Gasteiger partial charge in [-0.1, -0.05) is 56.0 Å². The molecule has 4 unspecified atom stereocenters. The summed E-state index contributed by atoms with van der Waals surface area (Å²) in [5, 5.41) is 18.5. The number of amides is 1. The second-order valence-electron chi connectivity index (χ2n) is 11.6. The van der Waals surface area contributed by atoms with Crippen molar-refractivity contribution in [2.75, 3.05) is 31.2 Å². The summed E-state index contributed by atoms with van der Waals surface area (Å²) >= 11 is 0. The number of anilines is 1. The molecule has 2 saturated heterocycles. The Morgan fingerprint density at radius 2 is 1.79 bits per heavy atom. The van der Waals surface area contributed by atoms with Crippen molar-refractivity contribution in [2.45, 2.75) is 95.4 Å². The molecule has 1 saturated carbocycles. The van der Waals surface area contributed by atoms with E-state index in [1.54, 1.807) is 0 Å². The van der Waals surface area contributed by atoms with Crippen LogP contribution in [0.15, 0.2) is 30.3 Å². The number of fused-ring (bicyclic) bond motifs is 6. The molecule has 0 radical (unpaired) electrons. The van der Waals surface area contributed by atoms with E-state index in [1.807, 2.05) is 0 Å². The van der Waals surface area contributed by atoms with Crippen LogP contribution in [0.3, 0.4) is 0 Å². The molecule has 4 aliphatic rings. The number of nitrogens with one attached hydrogen (secondary N) is 3. The maximum Gasteiger partial charge on any atom is 0.243 e. The highest BCUT2D eigenvalue weighted by molar-refractivity contribution is 5.75. The molecule has 2 aromatic rings. The minimum absolute atomic E-state index is 0.0681. The third-order valence-corrected chi connectivity index (χ3v) is 8.98. The normalized spacial score (nSPS) is 27.3. The second kappa shape index (κ2) is 12.1. The van der Waals surface area contributed by atoms with Gasteiger partial charge in [-0.15, -0.1) is 10.2 Å². The van der Waals surface area contributed by atoms with Crippen LogP contribution in [0.1, 0.15) is 94.2 Å². The van der Waals surface area contributed by atoms with E-state index < -0.39 is 0 Å². The monoisotopic (exact) mass is 520 g/mol. The van der Waals surface area contributed by atoms with Crippen molar-refractivity contribution in [3.05, 3.63) is 41.7 Å². The quantitative estimate of drug-likeness (QED) is 0.435. The first-order valence-corrected chi connectivity index (χ1v) is 15.1. The van der Waals surface area contributed by atoms with Gasteiger partial charge in [-0.2, -0.15) is 0 Å². The molecule has 1 aromatic heterocycles. The Balaban J connectivity index is 1.03. The number of hydrazine groups is 1. The molecule has 9 nitrogen and oxygen atoms in total. The van der Waals surface area contributed by atoms with E-state index in [-0.39, 0.29) is 18.2 Å². The smallest absolute Gasteiger partial charge is 0.243 e. The molecule has 1 aromatic carbocycles. The maximum atomic E-state index is 12.5. The molecular formula is C29H44N8O. The van der Waals surface area contributed by atoms with Crippen LogP contribution in [-0.2, 0) is 11.2 Å². The van der Waals surface area contributed by atoms with Crippen molar-refractivity contribution < 1.29 is 4.79 Å². The summed E-state index contributed by atoms with van der Waals surface area (Å²) in [6.07, 6.45) is 13.7. The molecule has 4 atom stereocenters. The minimum atomic E-state index is 0.0681. The van der Waals surface area contributed by atoms with Crippen molar-refractivity contribution in [2.24, 2.45) is 5.92 Å². The lowest BCUT2D eigenvalue weighted by Crippen LogP contribution is -2.53. The topological polar surface area (TPSA) is 90.3 Å². The average molecular weight is 521 g/mol. The molecule has 38 heavy (non-hydrogen) atoms. The van der Waals surface area contributed by atoms with Gasteiger partial charge >= 0.3 is 0 Å². The molecule has 1 amide bonds. The predicted octanol–water partition coefficient (Wildman–Crippen LogP) is 3.67. The first-order chi connectivity index (χ1) is 18.8. The standard InChI is InChI=1S/C29H44N8O/c38-26(30-18-11-21-35-19-8-1-2-9-20-35)17-10-16-25-32-33-29-36(25)24-15-7-6-14-23(24)28-31-27(34-37(28)29)22-12-4-3-5-13-22/h3-5,12-13,23-24,27-28,31,34H,1-2,6-11,14-21H2,(H,30,38). The van der Waals surface area contributed by atoms with Gasteiger partial charge in [0.25, 0.3) is 0 Å². The van der Waals surface area contributed by atoms with E-state index in [1.165, 1.54) is 70.0 Å². The lowest BCUT2D eigenvalue weighted by atomic mass is 9.81. The summed E-state index contributed by atoms with van der Waals surface area (Å²) < 4.78 is 2.39. The third-order valence-electron chi connectivity index (χ3n) is 8.98. The van der Waals surface area contributed by atoms with Crippen molar-refractivity contribution in [3.8, 4) is 0 Å².